The molecule has 0 aliphatic carbocycles. The predicted octanol–water partition coefficient (Wildman–Crippen LogP) is 2.54. The molecule has 0 aliphatic heterocycles. The Labute approximate surface area is 101 Å². The van der Waals surface area contributed by atoms with Crippen LogP contribution in [0.25, 0.3) is 11.1 Å². The van der Waals surface area contributed by atoms with Gasteiger partial charge in [-0.05, 0) is 31.0 Å². The fourth-order valence-electron chi connectivity index (χ4n) is 1.96. The van der Waals surface area contributed by atoms with E-state index in [-0.39, 0.29) is 0 Å². The van der Waals surface area contributed by atoms with Crippen molar-refractivity contribution in [3.63, 3.8) is 0 Å². The quantitative estimate of drug-likeness (QED) is 0.853. The lowest BCUT2D eigenvalue weighted by molar-refractivity contribution is 0.416. The molecule has 0 saturated heterocycles. The van der Waals surface area contributed by atoms with Crippen LogP contribution >= 0.6 is 0 Å². The lowest BCUT2D eigenvalue weighted by atomic mass is 10.0. The molecule has 90 valence electrons. The van der Waals surface area contributed by atoms with Crippen molar-refractivity contribution in [1.82, 2.24) is 10.2 Å². The summed E-state index contributed by atoms with van der Waals surface area (Å²) in [4.78, 5) is 0. The van der Waals surface area contributed by atoms with Gasteiger partial charge in [0.25, 0.3) is 0 Å². The highest BCUT2D eigenvalue weighted by Crippen LogP contribution is 2.35. The minimum atomic E-state index is 0.508. The Kier molecular flexibility index (Phi) is 3.04. The molecule has 0 bridgehead atoms. The number of rotatable bonds is 3. The standard InChI is InChI=1S/C13H17N3O/c1-4-9-5-6-11(17-3)10(7-9)12-8(2)15-16-13(12)14/h5-7H,4H2,1-3H3,(H3,14,15,16). The van der Waals surface area contributed by atoms with Crippen LogP contribution in [0.1, 0.15) is 18.2 Å². The third-order valence-electron chi connectivity index (χ3n) is 2.92. The van der Waals surface area contributed by atoms with Gasteiger partial charge < -0.3 is 10.5 Å². The molecule has 4 heteroatoms. The number of nitrogens with two attached hydrogens (primary N) is 1. The zero-order valence-electron chi connectivity index (χ0n) is 10.4. The Bertz CT molecular complexity index is 512. The van der Waals surface area contributed by atoms with Crippen LogP contribution in [0.5, 0.6) is 5.75 Å². The van der Waals surface area contributed by atoms with E-state index in [1.165, 1.54) is 5.56 Å². The molecule has 1 aromatic heterocycles. The van der Waals surface area contributed by atoms with Gasteiger partial charge >= 0.3 is 0 Å². The molecule has 0 spiro atoms. The van der Waals surface area contributed by atoms with Crippen molar-refractivity contribution in [3.05, 3.63) is 29.5 Å². The van der Waals surface area contributed by atoms with Crippen LogP contribution in [-0.4, -0.2) is 17.3 Å². The summed E-state index contributed by atoms with van der Waals surface area (Å²) < 4.78 is 5.38. The summed E-state index contributed by atoms with van der Waals surface area (Å²) in [6.45, 7) is 4.08. The van der Waals surface area contributed by atoms with Crippen molar-refractivity contribution in [2.45, 2.75) is 20.3 Å². The molecule has 0 atom stereocenters. The molecule has 2 rings (SSSR count). The van der Waals surface area contributed by atoms with E-state index in [0.717, 1.165) is 29.0 Å². The first-order chi connectivity index (χ1) is 8.17. The average Bonchev–Trinajstić information content (AvgIpc) is 2.68. The summed E-state index contributed by atoms with van der Waals surface area (Å²) in [5.41, 5.74) is 10.0. The molecule has 3 N–H and O–H groups in total. The number of nitrogens with zero attached hydrogens (tertiary/aromatic N) is 1. The Balaban J connectivity index is 2.64. The van der Waals surface area contributed by atoms with Crippen LogP contribution in [0, 0.1) is 6.92 Å². The van der Waals surface area contributed by atoms with Gasteiger partial charge in [0.15, 0.2) is 5.82 Å². The minimum Gasteiger partial charge on any atom is -0.496 e. The van der Waals surface area contributed by atoms with Gasteiger partial charge in [-0.15, -0.1) is 0 Å². The number of hydrogen-bond acceptors (Lipinski definition) is 3. The number of methoxy groups -OCH3 is 1. The number of H-pyrrole nitrogens is 1. The second-order valence-electron chi connectivity index (χ2n) is 4.00. The first kappa shape index (κ1) is 11.5. The van der Waals surface area contributed by atoms with E-state index in [0.29, 0.717) is 5.82 Å². The Morgan fingerprint density at radius 2 is 2.18 bits per heavy atom. The number of anilines is 1. The molecule has 0 radical (unpaired) electrons. The minimum absolute atomic E-state index is 0.508. The number of nitrogens with one attached hydrogen (secondary N) is 1. The van der Waals surface area contributed by atoms with Crippen LogP contribution in [0.4, 0.5) is 5.82 Å². The van der Waals surface area contributed by atoms with Gasteiger partial charge in [0.05, 0.1) is 7.11 Å². The lowest BCUT2D eigenvalue weighted by Crippen LogP contribution is -1.94. The SMILES string of the molecule is CCc1ccc(OC)c(-c2c(N)n[nH]c2C)c1. The smallest absolute Gasteiger partial charge is 0.153 e. The van der Waals surface area contributed by atoms with Crippen LogP contribution < -0.4 is 10.5 Å². The zero-order chi connectivity index (χ0) is 12.4. The van der Waals surface area contributed by atoms with Crippen molar-refractivity contribution in [2.24, 2.45) is 0 Å². The van der Waals surface area contributed by atoms with Gasteiger partial charge in [-0.1, -0.05) is 13.0 Å². The lowest BCUT2D eigenvalue weighted by Gasteiger charge is -2.10. The number of ether oxygens (including phenoxy) is 1. The second kappa shape index (κ2) is 4.49. The van der Waals surface area contributed by atoms with E-state index in [1.807, 2.05) is 13.0 Å². The maximum Gasteiger partial charge on any atom is 0.153 e. The molecule has 17 heavy (non-hydrogen) atoms. The van der Waals surface area contributed by atoms with Gasteiger partial charge in [-0.3, -0.25) is 5.10 Å². The summed E-state index contributed by atoms with van der Waals surface area (Å²) in [5.74, 6) is 1.33. The Morgan fingerprint density at radius 3 is 2.71 bits per heavy atom. The highest BCUT2D eigenvalue weighted by atomic mass is 16.5. The fourth-order valence-corrected chi connectivity index (χ4v) is 1.96. The van der Waals surface area contributed by atoms with E-state index in [4.69, 9.17) is 10.5 Å². The molecule has 0 amide bonds. The van der Waals surface area contributed by atoms with Gasteiger partial charge in [-0.25, -0.2) is 0 Å². The third kappa shape index (κ3) is 1.98. The second-order valence-corrected chi connectivity index (χ2v) is 4.00. The number of hydrogen-bond donors (Lipinski definition) is 2. The summed E-state index contributed by atoms with van der Waals surface area (Å²) in [6.07, 6.45) is 0.980. The molecule has 0 fully saturated rings. The fraction of sp³-hybridized carbons (Fsp3) is 0.308. The van der Waals surface area contributed by atoms with E-state index in [2.05, 4.69) is 29.3 Å². The van der Waals surface area contributed by atoms with Crippen molar-refractivity contribution >= 4 is 5.82 Å². The van der Waals surface area contributed by atoms with E-state index in [1.54, 1.807) is 7.11 Å². The highest BCUT2D eigenvalue weighted by Gasteiger charge is 2.14. The average molecular weight is 231 g/mol. The first-order valence-electron chi connectivity index (χ1n) is 5.65. The van der Waals surface area contributed by atoms with Crippen molar-refractivity contribution in [1.29, 1.82) is 0 Å². The molecule has 1 heterocycles. The van der Waals surface area contributed by atoms with Crippen molar-refractivity contribution < 1.29 is 4.74 Å². The van der Waals surface area contributed by atoms with Crippen LogP contribution in [0.15, 0.2) is 18.2 Å². The maximum atomic E-state index is 5.89. The molecule has 0 aliphatic rings. The Morgan fingerprint density at radius 1 is 1.41 bits per heavy atom. The maximum absolute atomic E-state index is 5.89. The molecule has 0 unspecified atom stereocenters. The summed E-state index contributed by atoms with van der Waals surface area (Å²) in [5, 5.41) is 6.91. The molecule has 2 aromatic rings. The normalized spacial score (nSPS) is 10.5. The molecule has 1 aromatic carbocycles. The number of aromatic nitrogens is 2. The molecular formula is C13H17N3O. The van der Waals surface area contributed by atoms with E-state index >= 15 is 0 Å². The summed E-state index contributed by atoms with van der Waals surface area (Å²) in [7, 11) is 1.66. The van der Waals surface area contributed by atoms with Crippen LogP contribution in [0.2, 0.25) is 0 Å². The van der Waals surface area contributed by atoms with E-state index < -0.39 is 0 Å². The zero-order valence-corrected chi connectivity index (χ0v) is 10.4. The largest absolute Gasteiger partial charge is 0.496 e. The molecule has 0 saturated carbocycles. The van der Waals surface area contributed by atoms with Crippen LogP contribution in [-0.2, 0) is 6.42 Å². The Hall–Kier alpha value is -1.97. The number of nitrogen functional groups attached to an aromatic ring is 1. The topological polar surface area (TPSA) is 63.9 Å². The van der Waals surface area contributed by atoms with Gasteiger partial charge in [-0.2, -0.15) is 5.10 Å². The summed E-state index contributed by atoms with van der Waals surface area (Å²) in [6, 6.07) is 6.14. The summed E-state index contributed by atoms with van der Waals surface area (Å²) >= 11 is 0. The van der Waals surface area contributed by atoms with Crippen LogP contribution in [0.3, 0.4) is 0 Å². The van der Waals surface area contributed by atoms with Gasteiger partial charge in [0.1, 0.15) is 5.75 Å². The van der Waals surface area contributed by atoms with Crippen molar-refractivity contribution in [2.75, 3.05) is 12.8 Å². The van der Waals surface area contributed by atoms with Gasteiger partial charge in [0.2, 0.25) is 0 Å². The van der Waals surface area contributed by atoms with E-state index in [9.17, 15) is 0 Å². The molecule has 4 nitrogen and oxygen atoms in total. The highest BCUT2D eigenvalue weighted by molar-refractivity contribution is 5.80. The number of aryl methyl sites for hydroxylation is 2. The number of benzene rings is 1. The van der Waals surface area contributed by atoms with Crippen molar-refractivity contribution in [3.8, 4) is 16.9 Å². The monoisotopic (exact) mass is 231 g/mol. The molecular weight excluding hydrogens is 214 g/mol. The number of aromatic amines is 1. The first-order valence-corrected chi connectivity index (χ1v) is 5.65. The predicted molar refractivity (Wildman–Crippen MR) is 69.1 cm³/mol. The third-order valence-corrected chi connectivity index (χ3v) is 2.92. The van der Waals surface area contributed by atoms with Gasteiger partial charge in [0, 0.05) is 16.8 Å².